The van der Waals surface area contributed by atoms with Crippen LogP contribution in [0.1, 0.15) is 51.4 Å². The molecular weight excluding hydrogens is 280 g/mol. The maximum atomic E-state index is 4.68. The van der Waals surface area contributed by atoms with Gasteiger partial charge in [-0.3, -0.25) is 0 Å². The lowest BCUT2D eigenvalue weighted by Crippen LogP contribution is -2.28. The lowest BCUT2D eigenvalue weighted by Gasteiger charge is -2.24. The summed E-state index contributed by atoms with van der Waals surface area (Å²) in [5, 5.41) is 6.99. The van der Waals surface area contributed by atoms with Crippen molar-refractivity contribution in [2.24, 2.45) is 0 Å². The molecule has 1 aliphatic rings. The van der Waals surface area contributed by atoms with Crippen molar-refractivity contribution in [2.75, 3.05) is 29.5 Å². The molecule has 2 N–H and O–H groups in total. The van der Waals surface area contributed by atoms with Crippen LogP contribution in [0.15, 0.2) is 0 Å². The van der Waals surface area contributed by atoms with Crippen molar-refractivity contribution >= 4 is 23.4 Å². The predicted octanol–water partition coefficient (Wildman–Crippen LogP) is 3.87. The first-order chi connectivity index (χ1) is 10.1. The van der Waals surface area contributed by atoms with E-state index in [2.05, 4.69) is 60.1 Å². The Labute approximate surface area is 132 Å². The van der Waals surface area contributed by atoms with Crippen LogP contribution in [0.5, 0.6) is 0 Å². The lowest BCUT2D eigenvalue weighted by molar-refractivity contribution is 0.633. The summed E-state index contributed by atoms with van der Waals surface area (Å²) in [5.41, 5.74) is 1.13. The van der Waals surface area contributed by atoms with Gasteiger partial charge >= 0.3 is 0 Å². The predicted molar refractivity (Wildman–Crippen MR) is 93.5 cm³/mol. The highest BCUT2D eigenvalue weighted by molar-refractivity contribution is 8.00. The fraction of sp³-hybridized carbons (Fsp3) is 0.750. The molecule has 0 spiro atoms. The Hall–Kier alpha value is -0.970. The Kier molecular flexibility index (Phi) is 5.73. The fourth-order valence-corrected chi connectivity index (χ4v) is 3.80. The van der Waals surface area contributed by atoms with Crippen molar-refractivity contribution in [1.29, 1.82) is 0 Å². The summed E-state index contributed by atoms with van der Waals surface area (Å²) in [5.74, 6) is 4.17. The third kappa shape index (κ3) is 4.25. The smallest absolute Gasteiger partial charge is 0.134 e. The zero-order chi connectivity index (χ0) is 15.3. The van der Waals surface area contributed by atoms with E-state index in [1.54, 1.807) is 0 Å². The van der Waals surface area contributed by atoms with Crippen LogP contribution in [-0.2, 0) is 6.42 Å². The van der Waals surface area contributed by atoms with E-state index < -0.39 is 0 Å². The third-order valence-electron chi connectivity index (χ3n) is 3.98. The summed E-state index contributed by atoms with van der Waals surface area (Å²) in [6.45, 7) is 10.7. The normalized spacial score (nSPS) is 21.5. The molecule has 4 nitrogen and oxygen atoms in total. The number of hydrogen-bond donors (Lipinski definition) is 2. The van der Waals surface area contributed by atoms with Crippen molar-refractivity contribution in [1.82, 2.24) is 9.97 Å². The second-order valence-electron chi connectivity index (χ2n) is 6.00. The lowest BCUT2D eigenvalue weighted by atomic mass is 10.1. The summed E-state index contributed by atoms with van der Waals surface area (Å²) in [7, 11) is 0. The highest BCUT2D eigenvalue weighted by atomic mass is 32.2. The fourth-order valence-electron chi connectivity index (χ4n) is 2.56. The number of anilines is 2. The summed E-state index contributed by atoms with van der Waals surface area (Å²) >= 11 is 2.08. The number of nitrogens with one attached hydrogen (secondary N) is 2. The molecule has 21 heavy (non-hydrogen) atoms. The number of aryl methyl sites for hydroxylation is 1. The molecule has 1 aromatic heterocycles. The van der Waals surface area contributed by atoms with E-state index in [9.17, 15) is 0 Å². The van der Waals surface area contributed by atoms with E-state index in [-0.39, 0.29) is 0 Å². The molecule has 118 valence electrons. The van der Waals surface area contributed by atoms with Crippen LogP contribution in [0, 0.1) is 6.92 Å². The zero-order valence-corrected chi connectivity index (χ0v) is 14.6. The van der Waals surface area contributed by atoms with E-state index in [4.69, 9.17) is 0 Å². The van der Waals surface area contributed by atoms with E-state index >= 15 is 0 Å². The van der Waals surface area contributed by atoms with Gasteiger partial charge in [0.1, 0.15) is 17.5 Å². The van der Waals surface area contributed by atoms with Crippen LogP contribution in [0.4, 0.5) is 11.6 Å². The molecule has 0 saturated carbocycles. The Bertz CT molecular complexity index is 470. The Morgan fingerprint density at radius 2 is 1.90 bits per heavy atom. The molecule has 1 aliphatic heterocycles. The van der Waals surface area contributed by atoms with Gasteiger partial charge in [-0.25, -0.2) is 9.97 Å². The van der Waals surface area contributed by atoms with Crippen LogP contribution in [0.2, 0.25) is 0 Å². The van der Waals surface area contributed by atoms with Gasteiger partial charge < -0.3 is 10.6 Å². The molecule has 1 atom stereocenters. The second kappa shape index (κ2) is 7.34. The molecule has 0 bridgehead atoms. The van der Waals surface area contributed by atoms with E-state index in [1.165, 1.54) is 18.6 Å². The highest BCUT2D eigenvalue weighted by Crippen LogP contribution is 2.37. The number of hydrogen-bond acceptors (Lipinski definition) is 5. The average molecular weight is 308 g/mol. The monoisotopic (exact) mass is 308 g/mol. The molecule has 0 aliphatic carbocycles. The summed E-state index contributed by atoms with van der Waals surface area (Å²) in [6.07, 6.45) is 4.58. The number of aromatic nitrogens is 2. The number of nitrogens with zero attached hydrogens (tertiary/aromatic N) is 2. The van der Waals surface area contributed by atoms with E-state index in [0.29, 0.717) is 4.75 Å². The summed E-state index contributed by atoms with van der Waals surface area (Å²) in [4.78, 5) is 9.30. The topological polar surface area (TPSA) is 49.8 Å². The number of thioether (sulfide) groups is 1. The Morgan fingerprint density at radius 3 is 2.48 bits per heavy atom. The largest absolute Gasteiger partial charge is 0.370 e. The van der Waals surface area contributed by atoms with Crippen molar-refractivity contribution in [3.63, 3.8) is 0 Å². The maximum absolute atomic E-state index is 4.68. The molecule has 1 aromatic rings. The quantitative estimate of drug-likeness (QED) is 0.801. The molecule has 2 heterocycles. The SMILES string of the molecule is CCCNc1nc(CC)nc(NCC2(C)CCCS2)c1C. The third-order valence-corrected chi connectivity index (χ3v) is 5.52. The van der Waals surface area contributed by atoms with Crippen LogP contribution < -0.4 is 10.6 Å². The summed E-state index contributed by atoms with van der Waals surface area (Å²) in [6, 6.07) is 0. The standard InChI is InChI=1S/C16H28N4S/c1-5-9-17-14-12(3)15(20-13(6-2)19-14)18-11-16(4)8-7-10-21-16/h5-11H2,1-4H3,(H2,17,18,19,20). The van der Waals surface area contributed by atoms with Crippen LogP contribution in [-0.4, -0.2) is 33.6 Å². The van der Waals surface area contributed by atoms with Crippen molar-refractivity contribution in [3.05, 3.63) is 11.4 Å². The number of rotatable bonds is 7. The highest BCUT2D eigenvalue weighted by Gasteiger charge is 2.29. The van der Waals surface area contributed by atoms with Crippen LogP contribution in [0.3, 0.4) is 0 Å². The molecule has 5 heteroatoms. The molecule has 1 fully saturated rings. The Morgan fingerprint density at radius 1 is 1.19 bits per heavy atom. The van der Waals surface area contributed by atoms with Crippen molar-refractivity contribution in [2.45, 2.75) is 58.1 Å². The van der Waals surface area contributed by atoms with Gasteiger partial charge in [-0.2, -0.15) is 11.8 Å². The van der Waals surface area contributed by atoms with Crippen LogP contribution >= 0.6 is 11.8 Å². The molecular formula is C16H28N4S. The molecule has 1 unspecified atom stereocenters. The van der Waals surface area contributed by atoms with Gasteiger partial charge in [0.2, 0.25) is 0 Å². The molecule has 0 aromatic carbocycles. The first-order valence-corrected chi connectivity index (χ1v) is 9.05. The maximum Gasteiger partial charge on any atom is 0.134 e. The first-order valence-electron chi connectivity index (χ1n) is 8.07. The zero-order valence-electron chi connectivity index (χ0n) is 13.8. The second-order valence-corrected chi connectivity index (χ2v) is 7.68. The average Bonchev–Trinajstić information content (AvgIpc) is 2.92. The van der Waals surface area contributed by atoms with Gasteiger partial charge in [0, 0.05) is 29.8 Å². The van der Waals surface area contributed by atoms with Gasteiger partial charge in [0.25, 0.3) is 0 Å². The first kappa shape index (κ1) is 16.4. The van der Waals surface area contributed by atoms with E-state index in [1.807, 2.05) is 0 Å². The summed E-state index contributed by atoms with van der Waals surface area (Å²) < 4.78 is 0.348. The minimum absolute atomic E-state index is 0.348. The van der Waals surface area contributed by atoms with Gasteiger partial charge in [0.15, 0.2) is 0 Å². The minimum Gasteiger partial charge on any atom is -0.370 e. The minimum atomic E-state index is 0.348. The Balaban J connectivity index is 2.13. The molecule has 0 amide bonds. The molecule has 1 saturated heterocycles. The molecule has 0 radical (unpaired) electrons. The van der Waals surface area contributed by atoms with Crippen molar-refractivity contribution < 1.29 is 0 Å². The van der Waals surface area contributed by atoms with Crippen LogP contribution in [0.25, 0.3) is 0 Å². The van der Waals surface area contributed by atoms with Crippen molar-refractivity contribution in [3.8, 4) is 0 Å². The van der Waals surface area contributed by atoms with Gasteiger partial charge in [-0.05, 0) is 38.9 Å². The molecule has 2 rings (SSSR count). The van der Waals surface area contributed by atoms with E-state index in [0.717, 1.165) is 49.0 Å². The van der Waals surface area contributed by atoms with Gasteiger partial charge in [0.05, 0.1) is 0 Å². The van der Waals surface area contributed by atoms with Gasteiger partial charge in [-0.1, -0.05) is 13.8 Å². The van der Waals surface area contributed by atoms with Gasteiger partial charge in [-0.15, -0.1) is 0 Å².